The van der Waals surface area contributed by atoms with Crippen molar-refractivity contribution < 1.29 is 4.79 Å². The Morgan fingerprint density at radius 1 is 1.12 bits per heavy atom. The van der Waals surface area contributed by atoms with E-state index in [1.54, 1.807) is 0 Å². The Labute approximate surface area is 163 Å². The summed E-state index contributed by atoms with van der Waals surface area (Å²) in [6.07, 6.45) is 9.52. The average Bonchev–Trinajstić information content (AvgIpc) is 2.68. The predicted molar refractivity (Wildman–Crippen MR) is 109 cm³/mol. The molecule has 1 unspecified atom stereocenters. The Morgan fingerprint density at radius 2 is 1.85 bits per heavy atom. The lowest BCUT2D eigenvalue weighted by atomic mass is 9.88. The van der Waals surface area contributed by atoms with Crippen LogP contribution in [0.5, 0.6) is 0 Å². The SMILES string of the molecule is CN(CC1CCCN(CCc2ccc(Cl)cc2)C1)C(=O)C1CCCCC1. The van der Waals surface area contributed by atoms with Crippen molar-refractivity contribution in [2.45, 2.75) is 51.4 Å². The van der Waals surface area contributed by atoms with E-state index in [1.165, 1.54) is 44.2 Å². The zero-order chi connectivity index (χ0) is 18.4. The van der Waals surface area contributed by atoms with Crippen LogP contribution in [0.2, 0.25) is 5.02 Å². The molecule has 4 heteroatoms. The van der Waals surface area contributed by atoms with Crippen LogP contribution in [0, 0.1) is 11.8 Å². The largest absolute Gasteiger partial charge is 0.345 e. The molecule has 3 rings (SSSR count). The maximum Gasteiger partial charge on any atom is 0.225 e. The molecule has 1 atom stereocenters. The maximum absolute atomic E-state index is 12.7. The first kappa shape index (κ1) is 19.7. The van der Waals surface area contributed by atoms with Gasteiger partial charge in [-0.15, -0.1) is 0 Å². The minimum atomic E-state index is 0.290. The van der Waals surface area contributed by atoms with Crippen molar-refractivity contribution in [1.82, 2.24) is 9.80 Å². The third kappa shape index (κ3) is 5.72. The maximum atomic E-state index is 12.7. The van der Waals surface area contributed by atoms with Crippen LogP contribution in [-0.2, 0) is 11.2 Å². The summed E-state index contributed by atoms with van der Waals surface area (Å²) in [5, 5.41) is 0.803. The fourth-order valence-electron chi connectivity index (χ4n) is 4.58. The number of piperidine rings is 1. The molecule has 2 fully saturated rings. The molecular weight excluding hydrogens is 344 g/mol. The second-order valence-corrected chi connectivity index (χ2v) is 8.68. The molecule has 1 aromatic rings. The molecule has 0 spiro atoms. The normalized spacial score (nSPS) is 22.3. The third-order valence-corrected chi connectivity index (χ3v) is 6.35. The minimum absolute atomic E-state index is 0.290. The standard InChI is InChI=1S/C22H33ClN2O/c1-24(22(26)20-7-3-2-4-8-20)16-19-6-5-14-25(17-19)15-13-18-9-11-21(23)12-10-18/h9-12,19-20H,2-8,13-17H2,1H3. The van der Waals surface area contributed by atoms with Gasteiger partial charge < -0.3 is 9.80 Å². The summed E-state index contributed by atoms with van der Waals surface area (Å²) in [7, 11) is 2.02. The number of rotatable bonds is 6. The van der Waals surface area contributed by atoms with Crippen LogP contribution in [0.25, 0.3) is 0 Å². The van der Waals surface area contributed by atoms with Gasteiger partial charge >= 0.3 is 0 Å². The van der Waals surface area contributed by atoms with E-state index in [2.05, 4.69) is 17.0 Å². The van der Waals surface area contributed by atoms with Gasteiger partial charge in [-0.3, -0.25) is 4.79 Å². The van der Waals surface area contributed by atoms with Gasteiger partial charge in [-0.25, -0.2) is 0 Å². The lowest BCUT2D eigenvalue weighted by Gasteiger charge is -2.36. The van der Waals surface area contributed by atoms with E-state index in [4.69, 9.17) is 11.6 Å². The highest BCUT2D eigenvalue weighted by Crippen LogP contribution is 2.26. The Hall–Kier alpha value is -1.06. The van der Waals surface area contributed by atoms with Gasteiger partial charge in [0.25, 0.3) is 0 Å². The van der Waals surface area contributed by atoms with Gasteiger partial charge in [0.05, 0.1) is 0 Å². The third-order valence-electron chi connectivity index (χ3n) is 6.10. The molecule has 0 radical (unpaired) electrons. The summed E-state index contributed by atoms with van der Waals surface area (Å²) < 4.78 is 0. The molecule has 1 saturated heterocycles. The molecule has 1 aromatic carbocycles. The zero-order valence-corrected chi connectivity index (χ0v) is 16.9. The van der Waals surface area contributed by atoms with Crippen molar-refractivity contribution in [2.24, 2.45) is 11.8 Å². The van der Waals surface area contributed by atoms with Crippen LogP contribution in [0.4, 0.5) is 0 Å². The Morgan fingerprint density at radius 3 is 2.58 bits per heavy atom. The minimum Gasteiger partial charge on any atom is -0.345 e. The molecule has 26 heavy (non-hydrogen) atoms. The van der Waals surface area contributed by atoms with E-state index in [-0.39, 0.29) is 0 Å². The predicted octanol–water partition coefficient (Wildman–Crippen LogP) is 4.63. The molecule has 0 N–H and O–H groups in total. The summed E-state index contributed by atoms with van der Waals surface area (Å²) in [5.41, 5.74) is 1.35. The first-order valence-corrected chi connectivity index (χ1v) is 10.7. The summed E-state index contributed by atoms with van der Waals surface area (Å²) >= 11 is 5.97. The Bertz CT molecular complexity index is 568. The highest BCUT2D eigenvalue weighted by molar-refractivity contribution is 6.30. The van der Waals surface area contributed by atoms with Crippen LogP contribution in [0.1, 0.15) is 50.5 Å². The van der Waals surface area contributed by atoms with Crippen molar-refractivity contribution in [3.05, 3.63) is 34.9 Å². The van der Waals surface area contributed by atoms with Crippen molar-refractivity contribution in [3.8, 4) is 0 Å². The topological polar surface area (TPSA) is 23.6 Å². The van der Waals surface area contributed by atoms with E-state index < -0.39 is 0 Å². The summed E-state index contributed by atoms with van der Waals surface area (Å²) in [6.45, 7) is 4.32. The van der Waals surface area contributed by atoms with E-state index >= 15 is 0 Å². The molecule has 144 valence electrons. The molecule has 2 aliphatic rings. The number of hydrogen-bond donors (Lipinski definition) is 0. The Balaban J connectivity index is 1.43. The fourth-order valence-corrected chi connectivity index (χ4v) is 4.71. The number of likely N-dealkylation sites (tertiary alicyclic amines) is 1. The van der Waals surface area contributed by atoms with Crippen LogP contribution >= 0.6 is 11.6 Å². The number of carbonyl (C=O) groups is 1. The lowest BCUT2D eigenvalue weighted by molar-refractivity contribution is -0.136. The summed E-state index contributed by atoms with van der Waals surface area (Å²) in [5.74, 6) is 1.30. The average molecular weight is 377 g/mol. The van der Waals surface area contributed by atoms with Gasteiger partial charge in [-0.2, -0.15) is 0 Å². The van der Waals surface area contributed by atoms with E-state index in [1.807, 2.05) is 24.1 Å². The molecule has 0 bridgehead atoms. The van der Waals surface area contributed by atoms with Crippen LogP contribution < -0.4 is 0 Å². The van der Waals surface area contributed by atoms with Gasteiger partial charge in [0.1, 0.15) is 0 Å². The van der Waals surface area contributed by atoms with Crippen LogP contribution in [0.15, 0.2) is 24.3 Å². The fraction of sp³-hybridized carbons (Fsp3) is 0.682. The van der Waals surface area contributed by atoms with E-state index in [0.29, 0.717) is 17.7 Å². The van der Waals surface area contributed by atoms with Gasteiger partial charge in [0, 0.05) is 37.6 Å². The molecular formula is C22H33ClN2O. The monoisotopic (exact) mass is 376 g/mol. The number of amides is 1. The van der Waals surface area contributed by atoms with Crippen molar-refractivity contribution in [3.63, 3.8) is 0 Å². The molecule has 1 saturated carbocycles. The second kappa shape index (κ2) is 9.75. The molecule has 1 aliphatic heterocycles. The van der Waals surface area contributed by atoms with Crippen LogP contribution in [-0.4, -0.2) is 48.9 Å². The first-order chi connectivity index (χ1) is 12.6. The van der Waals surface area contributed by atoms with Gasteiger partial charge in [0.15, 0.2) is 0 Å². The highest BCUT2D eigenvalue weighted by Gasteiger charge is 2.27. The van der Waals surface area contributed by atoms with E-state index in [0.717, 1.165) is 43.9 Å². The van der Waals surface area contributed by atoms with Gasteiger partial charge in [-0.05, 0) is 62.3 Å². The van der Waals surface area contributed by atoms with Gasteiger partial charge in [0.2, 0.25) is 5.91 Å². The highest BCUT2D eigenvalue weighted by atomic mass is 35.5. The van der Waals surface area contributed by atoms with Crippen molar-refractivity contribution in [2.75, 3.05) is 33.2 Å². The molecule has 0 aromatic heterocycles. The number of halogens is 1. The number of nitrogens with zero attached hydrogens (tertiary/aromatic N) is 2. The Kier molecular flexibility index (Phi) is 7.39. The van der Waals surface area contributed by atoms with Crippen molar-refractivity contribution in [1.29, 1.82) is 0 Å². The summed E-state index contributed by atoms with van der Waals surface area (Å²) in [4.78, 5) is 17.3. The number of hydrogen-bond acceptors (Lipinski definition) is 2. The molecule has 1 heterocycles. The molecule has 1 aliphatic carbocycles. The number of benzene rings is 1. The smallest absolute Gasteiger partial charge is 0.225 e. The van der Waals surface area contributed by atoms with E-state index in [9.17, 15) is 4.79 Å². The second-order valence-electron chi connectivity index (χ2n) is 8.24. The lowest BCUT2D eigenvalue weighted by Crippen LogP contribution is -2.43. The van der Waals surface area contributed by atoms with Gasteiger partial charge in [-0.1, -0.05) is 43.0 Å². The molecule has 1 amide bonds. The molecule has 3 nitrogen and oxygen atoms in total. The van der Waals surface area contributed by atoms with Crippen molar-refractivity contribution >= 4 is 17.5 Å². The number of carbonyl (C=O) groups excluding carboxylic acids is 1. The summed E-state index contributed by atoms with van der Waals surface area (Å²) in [6, 6.07) is 8.20. The van der Waals surface area contributed by atoms with Crippen LogP contribution in [0.3, 0.4) is 0 Å². The first-order valence-electron chi connectivity index (χ1n) is 10.3. The quantitative estimate of drug-likeness (QED) is 0.722. The zero-order valence-electron chi connectivity index (χ0n) is 16.1.